The molecular weight excluding hydrogens is 941 g/mol. The topological polar surface area (TPSA) is 169 Å². The number of anilines is 2. The summed E-state index contributed by atoms with van der Waals surface area (Å²) in [5, 5.41) is 15.5. The van der Waals surface area contributed by atoms with Gasteiger partial charge in [-0.25, -0.2) is 32.3 Å². The van der Waals surface area contributed by atoms with Gasteiger partial charge in [0.25, 0.3) is 17.7 Å². The van der Waals surface area contributed by atoms with Gasteiger partial charge in [0.05, 0.1) is 27.4 Å². The van der Waals surface area contributed by atoms with Crippen molar-refractivity contribution in [2.75, 3.05) is 30.4 Å². The van der Waals surface area contributed by atoms with E-state index in [1.165, 1.54) is 12.1 Å². The van der Waals surface area contributed by atoms with Crippen LogP contribution in [0.3, 0.4) is 0 Å². The summed E-state index contributed by atoms with van der Waals surface area (Å²) < 4.78 is 145. The van der Waals surface area contributed by atoms with Crippen LogP contribution in [0.25, 0.3) is 20.9 Å². The number of carbonyl (C=O) groups excluding carboxylic acids is 3. The molecule has 0 fully saturated rings. The summed E-state index contributed by atoms with van der Waals surface area (Å²) in [6, 6.07) is 13.7. The fourth-order valence-electron chi connectivity index (χ4n) is 5.66. The number of amides is 3. The molecule has 0 aliphatic carbocycles. The van der Waals surface area contributed by atoms with Crippen molar-refractivity contribution in [3.63, 3.8) is 0 Å². The van der Waals surface area contributed by atoms with Crippen molar-refractivity contribution >= 4 is 56.6 Å². The Balaban J connectivity index is 0.000000255. The van der Waals surface area contributed by atoms with Gasteiger partial charge in [-0.3, -0.25) is 25.0 Å². The minimum Gasteiger partial charge on any atom is -0.476 e. The standard InChI is InChI=1S/C24H22F5N3O4S.C18H9F5N2O3S/c1-3-35-17(36-4-2)12-30-22(34)19-20(13-7-5-8-14(11-13)24(27,28)29)37-23(31-19)32-21(33)18-15(25)9-6-10-16(18)26;19-10-5-2-6-11(20)12(10)15(26)25-17-24-13(16(27)28)14(29-17)8-3-1-4-9(7-8)18(21,22)23/h5-11,17H,3-4,12H2,1-2H3,(H,30,34)(H,31,32,33);1-7H,(H,27,28)(H,24,25,26). The van der Waals surface area contributed by atoms with Gasteiger partial charge in [0.1, 0.15) is 40.1 Å². The monoisotopic (exact) mass is 971 g/mol. The fraction of sp³-hybridized carbons (Fsp3) is 0.190. The van der Waals surface area contributed by atoms with E-state index in [2.05, 4.69) is 25.9 Å². The molecule has 0 saturated carbocycles. The molecule has 0 aliphatic heterocycles. The molecule has 0 bridgehead atoms. The van der Waals surface area contributed by atoms with Crippen LogP contribution in [0, 0.1) is 23.3 Å². The average molecular weight is 972 g/mol. The second kappa shape index (κ2) is 21.5. The molecule has 4 N–H and O–H groups in total. The Labute approximate surface area is 374 Å². The second-order valence-corrected chi connectivity index (χ2v) is 15.0. The molecule has 6 rings (SSSR count). The van der Waals surface area contributed by atoms with Crippen LogP contribution in [0.4, 0.5) is 54.2 Å². The minimum atomic E-state index is -4.65. The van der Waals surface area contributed by atoms with Crippen LogP contribution >= 0.6 is 22.7 Å². The van der Waals surface area contributed by atoms with E-state index in [-0.39, 0.29) is 43.4 Å². The number of carboxylic acid groups (broad SMARTS) is 1. The van der Waals surface area contributed by atoms with Gasteiger partial charge in [-0.2, -0.15) is 26.3 Å². The van der Waals surface area contributed by atoms with Crippen LogP contribution in [0.15, 0.2) is 84.9 Å². The van der Waals surface area contributed by atoms with E-state index in [1.54, 1.807) is 13.8 Å². The number of nitrogens with zero attached hydrogens (tertiary/aromatic N) is 2. The molecule has 0 atom stereocenters. The van der Waals surface area contributed by atoms with Crippen LogP contribution in [0.5, 0.6) is 0 Å². The summed E-state index contributed by atoms with van der Waals surface area (Å²) in [7, 11) is 0. The first-order valence-corrected chi connectivity index (χ1v) is 20.4. The van der Waals surface area contributed by atoms with Gasteiger partial charge in [0, 0.05) is 13.2 Å². The number of benzene rings is 4. The third-order valence-corrected chi connectivity index (χ3v) is 10.6. The van der Waals surface area contributed by atoms with Gasteiger partial charge < -0.3 is 19.9 Å². The molecule has 12 nitrogen and oxygen atoms in total. The summed E-state index contributed by atoms with van der Waals surface area (Å²) in [6.45, 7) is 3.97. The number of ether oxygens (including phenoxy) is 2. The van der Waals surface area contributed by atoms with Crippen molar-refractivity contribution in [3.8, 4) is 20.9 Å². The van der Waals surface area contributed by atoms with E-state index in [0.717, 1.165) is 72.8 Å². The summed E-state index contributed by atoms with van der Waals surface area (Å²) in [5.41, 5.74) is -4.75. The van der Waals surface area contributed by atoms with E-state index in [0.29, 0.717) is 35.9 Å². The number of thiazole rings is 2. The normalized spacial score (nSPS) is 11.5. The number of halogens is 10. The maximum absolute atomic E-state index is 14.0. The SMILES string of the molecule is CCOC(CNC(=O)c1nc(NC(=O)c2c(F)cccc2F)sc1-c1cccc(C(F)(F)F)c1)OCC.O=C(O)c1nc(NC(=O)c2c(F)cccc2F)sc1-c1cccc(C(F)(F)F)c1. The van der Waals surface area contributed by atoms with Crippen LogP contribution in [0.2, 0.25) is 0 Å². The van der Waals surface area contributed by atoms with Crippen molar-refractivity contribution < 1.29 is 77.7 Å². The van der Waals surface area contributed by atoms with Gasteiger partial charge in [-0.05, 0) is 73.5 Å². The number of aromatic nitrogens is 2. The molecular formula is C42H31F10N5O7S2. The highest BCUT2D eigenvalue weighted by molar-refractivity contribution is 7.19. The number of hydrogen-bond donors (Lipinski definition) is 4. The molecule has 0 radical (unpaired) electrons. The molecule has 24 heteroatoms. The van der Waals surface area contributed by atoms with Gasteiger partial charge >= 0.3 is 18.3 Å². The highest BCUT2D eigenvalue weighted by atomic mass is 32.1. The highest BCUT2D eigenvalue weighted by Crippen LogP contribution is 2.39. The Kier molecular flexibility index (Phi) is 16.4. The summed E-state index contributed by atoms with van der Waals surface area (Å²) in [4.78, 5) is 56.6. The Bertz CT molecular complexity index is 2700. The zero-order chi connectivity index (χ0) is 48.5. The molecule has 6 aromatic rings. The van der Waals surface area contributed by atoms with Crippen molar-refractivity contribution in [2.24, 2.45) is 0 Å². The third-order valence-electron chi connectivity index (χ3n) is 8.53. The average Bonchev–Trinajstić information content (AvgIpc) is 3.87. The quantitative estimate of drug-likeness (QED) is 0.0613. The first-order valence-electron chi connectivity index (χ1n) is 18.7. The number of rotatable bonds is 14. The molecule has 3 amide bonds. The molecule has 2 aromatic heterocycles. The predicted molar refractivity (Wildman–Crippen MR) is 220 cm³/mol. The van der Waals surface area contributed by atoms with Crippen LogP contribution in [-0.2, 0) is 21.8 Å². The highest BCUT2D eigenvalue weighted by Gasteiger charge is 2.33. The number of carbonyl (C=O) groups is 4. The number of carboxylic acids is 1. The zero-order valence-electron chi connectivity index (χ0n) is 33.7. The largest absolute Gasteiger partial charge is 0.476 e. The fourth-order valence-corrected chi connectivity index (χ4v) is 7.56. The number of hydrogen-bond acceptors (Lipinski definition) is 10. The molecule has 4 aromatic carbocycles. The molecule has 348 valence electrons. The summed E-state index contributed by atoms with van der Waals surface area (Å²) >= 11 is 1.23. The van der Waals surface area contributed by atoms with E-state index in [4.69, 9.17) is 9.47 Å². The third kappa shape index (κ3) is 12.5. The van der Waals surface area contributed by atoms with E-state index in [1.807, 2.05) is 0 Å². The maximum atomic E-state index is 14.0. The lowest BCUT2D eigenvalue weighted by Gasteiger charge is -2.17. The first-order chi connectivity index (χ1) is 31.1. The molecule has 0 spiro atoms. The lowest BCUT2D eigenvalue weighted by Crippen LogP contribution is -2.35. The molecule has 0 aliphatic rings. The van der Waals surface area contributed by atoms with Crippen molar-refractivity contribution in [1.29, 1.82) is 0 Å². The Hall–Kier alpha value is -6.76. The smallest absolute Gasteiger partial charge is 0.416 e. The molecule has 0 unspecified atom stereocenters. The van der Waals surface area contributed by atoms with Gasteiger partial charge in [0.2, 0.25) is 0 Å². The van der Waals surface area contributed by atoms with E-state index >= 15 is 0 Å². The summed E-state index contributed by atoms with van der Waals surface area (Å²) in [5.74, 6) is -9.27. The maximum Gasteiger partial charge on any atom is 0.416 e. The number of nitrogens with one attached hydrogen (secondary N) is 3. The van der Waals surface area contributed by atoms with E-state index < -0.39 is 93.6 Å². The Morgan fingerprint density at radius 1 is 0.606 bits per heavy atom. The number of aromatic carboxylic acids is 1. The van der Waals surface area contributed by atoms with Gasteiger partial charge in [0.15, 0.2) is 22.2 Å². The Morgan fingerprint density at radius 3 is 1.36 bits per heavy atom. The van der Waals surface area contributed by atoms with Crippen molar-refractivity contribution in [2.45, 2.75) is 32.5 Å². The lowest BCUT2D eigenvalue weighted by molar-refractivity contribution is -0.138. The van der Waals surface area contributed by atoms with E-state index in [9.17, 15) is 68.2 Å². The van der Waals surface area contributed by atoms with Crippen molar-refractivity contribution in [1.82, 2.24) is 15.3 Å². The van der Waals surface area contributed by atoms with Gasteiger partial charge in [-0.1, -0.05) is 59.1 Å². The Morgan fingerprint density at radius 2 is 0.985 bits per heavy atom. The molecule has 2 heterocycles. The lowest BCUT2D eigenvalue weighted by atomic mass is 10.1. The minimum absolute atomic E-state index is 0.00112. The molecule has 0 saturated heterocycles. The van der Waals surface area contributed by atoms with Gasteiger partial charge in [-0.15, -0.1) is 0 Å². The van der Waals surface area contributed by atoms with Crippen LogP contribution in [0.1, 0.15) is 66.7 Å². The molecule has 66 heavy (non-hydrogen) atoms. The summed E-state index contributed by atoms with van der Waals surface area (Å²) in [6.07, 6.45) is -10.1. The number of alkyl halides is 6. The predicted octanol–water partition coefficient (Wildman–Crippen LogP) is 10.5. The second-order valence-electron chi connectivity index (χ2n) is 13.0. The van der Waals surface area contributed by atoms with Crippen molar-refractivity contribution in [3.05, 3.63) is 142 Å². The van der Waals surface area contributed by atoms with Crippen LogP contribution < -0.4 is 16.0 Å². The first kappa shape index (κ1) is 50.2. The van der Waals surface area contributed by atoms with Crippen LogP contribution in [-0.4, -0.2) is 64.8 Å². The zero-order valence-corrected chi connectivity index (χ0v) is 35.3.